The molecule has 5 nitrogen and oxygen atoms in total. The molecule has 0 bridgehead atoms. The van der Waals surface area contributed by atoms with Crippen LogP contribution in [-0.2, 0) is 0 Å². The fraction of sp³-hybridized carbons (Fsp3) is 0.400. The van der Waals surface area contributed by atoms with Crippen molar-refractivity contribution in [1.29, 1.82) is 0 Å². The maximum atomic E-state index is 10.7. The van der Waals surface area contributed by atoms with Crippen LogP contribution in [0.5, 0.6) is 5.75 Å². The molecule has 15 heavy (non-hydrogen) atoms. The molecule has 1 aromatic rings. The van der Waals surface area contributed by atoms with E-state index in [1.165, 1.54) is 6.07 Å². The van der Waals surface area contributed by atoms with Gasteiger partial charge in [-0.2, -0.15) is 0 Å². The van der Waals surface area contributed by atoms with Crippen LogP contribution in [0, 0.1) is 17.0 Å². The van der Waals surface area contributed by atoms with Crippen LogP contribution in [0.15, 0.2) is 18.2 Å². The third-order valence-electron chi connectivity index (χ3n) is 1.86. The average Bonchev–Trinajstić information content (AvgIpc) is 2.15. The Labute approximate surface area is 87.5 Å². The van der Waals surface area contributed by atoms with Gasteiger partial charge in [-0.05, 0) is 19.4 Å². The number of benzene rings is 1. The van der Waals surface area contributed by atoms with Crippen LogP contribution < -0.4 is 4.74 Å². The van der Waals surface area contributed by atoms with Crippen molar-refractivity contribution in [2.24, 2.45) is 0 Å². The number of ether oxygens (including phenoxy) is 1. The van der Waals surface area contributed by atoms with Gasteiger partial charge in [-0.3, -0.25) is 10.1 Å². The molecule has 0 saturated carbocycles. The fourth-order valence-corrected chi connectivity index (χ4v) is 1.17. The molecule has 1 aromatic carbocycles. The largest absolute Gasteiger partial charge is 0.484 e. The summed E-state index contributed by atoms with van der Waals surface area (Å²) in [7, 11) is 0. The summed E-state index contributed by atoms with van der Waals surface area (Å²) in [5.41, 5.74) is 0.612. The number of hydrogen-bond donors (Lipinski definition) is 1. The zero-order chi connectivity index (χ0) is 11.4. The van der Waals surface area contributed by atoms with Crippen LogP contribution in [0.2, 0.25) is 0 Å². The average molecular weight is 211 g/mol. The van der Waals surface area contributed by atoms with E-state index < -0.39 is 11.0 Å². The summed E-state index contributed by atoms with van der Waals surface area (Å²) in [6.45, 7) is 3.33. The maximum Gasteiger partial charge on any atom is 0.311 e. The van der Waals surface area contributed by atoms with Gasteiger partial charge in [0, 0.05) is 6.07 Å². The van der Waals surface area contributed by atoms with E-state index in [2.05, 4.69) is 0 Å². The minimum Gasteiger partial charge on any atom is -0.484 e. The molecule has 0 heterocycles. The van der Waals surface area contributed by atoms with Crippen LogP contribution in [0.1, 0.15) is 12.5 Å². The lowest BCUT2D eigenvalue weighted by Gasteiger charge is -2.10. The van der Waals surface area contributed by atoms with Crippen LogP contribution in [0.25, 0.3) is 0 Å². The third kappa shape index (κ3) is 2.92. The van der Waals surface area contributed by atoms with Gasteiger partial charge in [0.15, 0.2) is 5.75 Å². The summed E-state index contributed by atoms with van der Waals surface area (Å²) < 4.78 is 5.20. The smallest absolute Gasteiger partial charge is 0.311 e. The normalized spacial score (nSPS) is 12.2. The van der Waals surface area contributed by atoms with E-state index in [1.54, 1.807) is 26.0 Å². The van der Waals surface area contributed by atoms with Crippen LogP contribution >= 0.6 is 0 Å². The number of hydrogen-bond acceptors (Lipinski definition) is 4. The summed E-state index contributed by atoms with van der Waals surface area (Å²) >= 11 is 0. The molecule has 1 N–H and O–H groups in total. The van der Waals surface area contributed by atoms with Gasteiger partial charge >= 0.3 is 5.69 Å². The highest BCUT2D eigenvalue weighted by atomic mass is 16.6. The van der Waals surface area contributed by atoms with Crippen molar-refractivity contribution in [3.05, 3.63) is 33.9 Å². The van der Waals surface area contributed by atoms with E-state index in [4.69, 9.17) is 9.84 Å². The molecule has 0 aliphatic carbocycles. The zero-order valence-corrected chi connectivity index (χ0v) is 8.64. The van der Waals surface area contributed by atoms with Gasteiger partial charge in [0.2, 0.25) is 0 Å². The van der Waals surface area contributed by atoms with Gasteiger partial charge in [0.25, 0.3) is 0 Å². The van der Waals surface area contributed by atoms with Gasteiger partial charge in [0.05, 0.1) is 11.0 Å². The second-order valence-corrected chi connectivity index (χ2v) is 3.34. The van der Waals surface area contributed by atoms with Crippen molar-refractivity contribution >= 4 is 5.69 Å². The third-order valence-corrected chi connectivity index (χ3v) is 1.86. The van der Waals surface area contributed by atoms with Crippen molar-refractivity contribution in [2.75, 3.05) is 6.61 Å². The topological polar surface area (TPSA) is 72.6 Å². The summed E-state index contributed by atoms with van der Waals surface area (Å²) in [6, 6.07) is 4.71. The minimum atomic E-state index is -0.649. The molecular weight excluding hydrogens is 198 g/mol. The molecule has 0 fully saturated rings. The van der Waals surface area contributed by atoms with E-state index in [0.29, 0.717) is 5.56 Å². The number of rotatable bonds is 4. The number of aryl methyl sites for hydroxylation is 1. The van der Waals surface area contributed by atoms with E-state index in [1.807, 2.05) is 0 Å². The van der Waals surface area contributed by atoms with E-state index in [9.17, 15) is 10.1 Å². The van der Waals surface area contributed by atoms with Crippen molar-refractivity contribution in [3.8, 4) is 5.75 Å². The van der Waals surface area contributed by atoms with E-state index in [0.717, 1.165) is 0 Å². The molecule has 0 aromatic heterocycles. The molecule has 0 aliphatic heterocycles. The number of nitro groups is 1. The Bertz CT molecular complexity index is 362. The van der Waals surface area contributed by atoms with E-state index in [-0.39, 0.29) is 18.0 Å². The Morgan fingerprint density at radius 2 is 2.27 bits per heavy atom. The predicted molar refractivity (Wildman–Crippen MR) is 55.0 cm³/mol. The first-order chi connectivity index (χ1) is 7.02. The molecule has 0 radical (unpaired) electrons. The number of aliphatic hydroxyl groups excluding tert-OH is 1. The standard InChI is InChI=1S/C10H13NO4/c1-7-4-3-5-9(11(13)14)10(7)15-6-8(2)12/h3-5,8,12H,6H2,1-2H3/t8-/m0/s1. The quantitative estimate of drug-likeness (QED) is 0.607. The number of nitro benzene ring substituents is 1. The zero-order valence-electron chi connectivity index (χ0n) is 8.64. The first-order valence-electron chi connectivity index (χ1n) is 4.57. The molecule has 82 valence electrons. The SMILES string of the molecule is Cc1cccc([N+](=O)[O-])c1OC[C@H](C)O. The molecule has 0 spiro atoms. The summed E-state index contributed by atoms with van der Waals surface area (Å²) in [6.07, 6.45) is -0.649. The first kappa shape index (κ1) is 11.5. The number of aliphatic hydroxyl groups is 1. The lowest BCUT2D eigenvalue weighted by molar-refractivity contribution is -0.386. The van der Waals surface area contributed by atoms with Gasteiger partial charge < -0.3 is 9.84 Å². The van der Waals surface area contributed by atoms with Gasteiger partial charge in [0.1, 0.15) is 6.61 Å². The maximum absolute atomic E-state index is 10.7. The molecule has 5 heteroatoms. The van der Waals surface area contributed by atoms with Gasteiger partial charge in [-0.1, -0.05) is 12.1 Å². The monoisotopic (exact) mass is 211 g/mol. The van der Waals surface area contributed by atoms with Crippen LogP contribution in [0.3, 0.4) is 0 Å². The van der Waals surface area contributed by atoms with Crippen molar-refractivity contribution in [2.45, 2.75) is 20.0 Å². The van der Waals surface area contributed by atoms with Gasteiger partial charge in [-0.15, -0.1) is 0 Å². The number of nitrogens with zero attached hydrogens (tertiary/aromatic N) is 1. The fourth-order valence-electron chi connectivity index (χ4n) is 1.17. The Balaban J connectivity index is 2.97. The van der Waals surface area contributed by atoms with Crippen molar-refractivity contribution in [3.63, 3.8) is 0 Å². The summed E-state index contributed by atoms with van der Waals surface area (Å²) in [4.78, 5) is 10.2. The second kappa shape index (κ2) is 4.75. The van der Waals surface area contributed by atoms with Crippen molar-refractivity contribution in [1.82, 2.24) is 0 Å². The highest BCUT2D eigenvalue weighted by molar-refractivity contribution is 5.51. The summed E-state index contributed by atoms with van der Waals surface area (Å²) in [5.74, 6) is 0.225. The first-order valence-corrected chi connectivity index (χ1v) is 4.57. The molecule has 0 aliphatic rings. The highest BCUT2D eigenvalue weighted by Gasteiger charge is 2.17. The molecule has 0 saturated heterocycles. The van der Waals surface area contributed by atoms with Gasteiger partial charge in [-0.25, -0.2) is 0 Å². The Morgan fingerprint density at radius 3 is 2.80 bits per heavy atom. The lowest BCUT2D eigenvalue weighted by atomic mass is 10.2. The van der Waals surface area contributed by atoms with E-state index >= 15 is 0 Å². The predicted octanol–water partition coefficient (Wildman–Crippen LogP) is 1.66. The Kier molecular flexibility index (Phi) is 3.62. The van der Waals surface area contributed by atoms with Crippen LogP contribution in [-0.4, -0.2) is 22.7 Å². The Morgan fingerprint density at radius 1 is 1.60 bits per heavy atom. The molecule has 0 amide bonds. The molecular formula is C10H13NO4. The van der Waals surface area contributed by atoms with Crippen molar-refractivity contribution < 1.29 is 14.8 Å². The Hall–Kier alpha value is -1.62. The summed E-state index contributed by atoms with van der Waals surface area (Å²) in [5, 5.41) is 19.7. The van der Waals surface area contributed by atoms with Crippen LogP contribution in [0.4, 0.5) is 5.69 Å². The lowest BCUT2D eigenvalue weighted by Crippen LogP contribution is -2.14. The highest BCUT2D eigenvalue weighted by Crippen LogP contribution is 2.30. The molecule has 1 rings (SSSR count). The minimum absolute atomic E-state index is 0.0473. The number of para-hydroxylation sites is 1. The second-order valence-electron chi connectivity index (χ2n) is 3.34. The molecule has 1 atom stereocenters. The molecule has 0 unspecified atom stereocenters.